The molecule has 0 aliphatic carbocycles. The van der Waals surface area contributed by atoms with Gasteiger partial charge < -0.3 is 5.32 Å². The lowest BCUT2D eigenvalue weighted by Crippen LogP contribution is -2.50. The van der Waals surface area contributed by atoms with Gasteiger partial charge in [0.05, 0.1) is 0 Å². The van der Waals surface area contributed by atoms with E-state index in [1.807, 2.05) is 13.8 Å². The van der Waals surface area contributed by atoms with E-state index in [1.165, 1.54) is 0 Å². The highest BCUT2D eigenvalue weighted by molar-refractivity contribution is 5.85. The predicted octanol–water partition coefficient (Wildman–Crippen LogP) is 3.53. The molecule has 0 saturated carbocycles. The first-order valence-corrected chi connectivity index (χ1v) is 5.22. The van der Waals surface area contributed by atoms with Crippen molar-refractivity contribution in [1.82, 2.24) is 5.32 Å². The van der Waals surface area contributed by atoms with Gasteiger partial charge in [0.1, 0.15) is 6.04 Å². The molecule has 2 atom stereocenters. The van der Waals surface area contributed by atoms with Gasteiger partial charge in [0.2, 0.25) is 0 Å². The van der Waals surface area contributed by atoms with Crippen LogP contribution in [0.5, 0.6) is 0 Å². The molecule has 1 rings (SSSR count). The first-order chi connectivity index (χ1) is 6.39. The van der Waals surface area contributed by atoms with E-state index in [2.05, 4.69) is 5.32 Å². The van der Waals surface area contributed by atoms with E-state index in [0.717, 1.165) is 12.8 Å². The van der Waals surface area contributed by atoms with Gasteiger partial charge >= 0.3 is 6.18 Å². The smallest absolute Gasteiger partial charge is 0.303 e. The van der Waals surface area contributed by atoms with Crippen molar-refractivity contribution in [3.05, 3.63) is 0 Å². The molecular formula is C10H19ClF3N. The Kier molecular flexibility index (Phi) is 5.96. The van der Waals surface area contributed by atoms with E-state index in [1.54, 1.807) is 0 Å². The van der Waals surface area contributed by atoms with Crippen LogP contribution in [0.1, 0.15) is 39.5 Å². The summed E-state index contributed by atoms with van der Waals surface area (Å²) in [5.74, 6) is 0.458. The normalized spacial score (nSPS) is 27.6. The molecule has 92 valence electrons. The monoisotopic (exact) mass is 245 g/mol. The van der Waals surface area contributed by atoms with Gasteiger partial charge in [-0.25, -0.2) is 0 Å². The number of rotatable bonds is 2. The number of piperidine rings is 1. The summed E-state index contributed by atoms with van der Waals surface area (Å²) < 4.78 is 37.2. The van der Waals surface area contributed by atoms with E-state index in [4.69, 9.17) is 0 Å². The molecule has 1 heterocycles. The fraction of sp³-hybridized carbons (Fsp3) is 1.00. The molecule has 1 nitrogen and oxygen atoms in total. The molecule has 0 aromatic carbocycles. The van der Waals surface area contributed by atoms with Crippen LogP contribution in [0.15, 0.2) is 0 Å². The summed E-state index contributed by atoms with van der Waals surface area (Å²) in [6.45, 7) is 4.08. The average Bonchev–Trinajstić information content (AvgIpc) is 2.01. The van der Waals surface area contributed by atoms with Crippen LogP contribution >= 0.6 is 12.4 Å². The van der Waals surface area contributed by atoms with E-state index in [0.29, 0.717) is 12.3 Å². The molecule has 0 spiro atoms. The van der Waals surface area contributed by atoms with Gasteiger partial charge in [-0.05, 0) is 25.2 Å². The van der Waals surface area contributed by atoms with Crippen LogP contribution in [0.4, 0.5) is 13.2 Å². The first-order valence-electron chi connectivity index (χ1n) is 5.22. The van der Waals surface area contributed by atoms with Crippen molar-refractivity contribution in [3.63, 3.8) is 0 Å². The molecule has 5 heteroatoms. The Morgan fingerprint density at radius 1 is 1.27 bits per heavy atom. The summed E-state index contributed by atoms with van der Waals surface area (Å²) >= 11 is 0. The highest BCUT2D eigenvalue weighted by Crippen LogP contribution is 2.29. The van der Waals surface area contributed by atoms with Crippen LogP contribution in [0.2, 0.25) is 0 Å². The minimum Gasteiger partial charge on any atom is -0.303 e. The van der Waals surface area contributed by atoms with E-state index >= 15 is 0 Å². The van der Waals surface area contributed by atoms with Crippen molar-refractivity contribution < 1.29 is 13.2 Å². The van der Waals surface area contributed by atoms with Gasteiger partial charge in [-0.15, -0.1) is 12.4 Å². The molecule has 0 bridgehead atoms. The van der Waals surface area contributed by atoms with Gasteiger partial charge in [-0.1, -0.05) is 20.3 Å². The molecule has 1 N–H and O–H groups in total. The summed E-state index contributed by atoms with van der Waals surface area (Å²) in [4.78, 5) is 0. The van der Waals surface area contributed by atoms with Crippen LogP contribution in [-0.4, -0.2) is 18.3 Å². The molecule has 1 saturated heterocycles. The van der Waals surface area contributed by atoms with Crippen LogP contribution in [0.3, 0.4) is 0 Å². The Hall–Kier alpha value is 0.0400. The third-order valence-electron chi connectivity index (χ3n) is 2.63. The summed E-state index contributed by atoms with van der Waals surface area (Å²) in [5.41, 5.74) is 0. The largest absolute Gasteiger partial charge is 0.403 e. The molecule has 0 radical (unpaired) electrons. The van der Waals surface area contributed by atoms with E-state index in [9.17, 15) is 13.2 Å². The Morgan fingerprint density at radius 2 is 1.87 bits per heavy atom. The van der Waals surface area contributed by atoms with E-state index in [-0.39, 0.29) is 24.9 Å². The highest BCUT2D eigenvalue weighted by atomic mass is 35.5. The lowest BCUT2D eigenvalue weighted by atomic mass is 9.92. The minimum absolute atomic E-state index is 0. The lowest BCUT2D eigenvalue weighted by Gasteiger charge is -2.33. The van der Waals surface area contributed by atoms with Crippen LogP contribution in [0, 0.1) is 5.92 Å². The van der Waals surface area contributed by atoms with Crippen molar-refractivity contribution in [2.24, 2.45) is 5.92 Å². The first kappa shape index (κ1) is 15.0. The number of alkyl halides is 3. The quantitative estimate of drug-likeness (QED) is 0.785. The molecule has 0 aromatic heterocycles. The Labute approximate surface area is 95.2 Å². The van der Waals surface area contributed by atoms with Crippen molar-refractivity contribution >= 4 is 12.4 Å². The molecule has 0 amide bonds. The molecule has 15 heavy (non-hydrogen) atoms. The zero-order valence-electron chi connectivity index (χ0n) is 9.10. The zero-order chi connectivity index (χ0) is 10.8. The Balaban J connectivity index is 0.00000196. The molecular weight excluding hydrogens is 227 g/mol. The summed E-state index contributed by atoms with van der Waals surface area (Å²) in [6.07, 6.45) is -1.43. The summed E-state index contributed by atoms with van der Waals surface area (Å²) in [7, 11) is 0. The van der Waals surface area contributed by atoms with Crippen LogP contribution in [0.25, 0.3) is 0 Å². The number of hydrogen-bond acceptors (Lipinski definition) is 1. The highest BCUT2D eigenvalue weighted by Gasteiger charge is 2.41. The number of halogens is 4. The second-order valence-corrected chi connectivity index (χ2v) is 4.52. The molecule has 0 aromatic rings. The Bertz CT molecular complexity index is 182. The summed E-state index contributed by atoms with van der Waals surface area (Å²) in [6, 6.07) is -1.23. The number of hydrogen-bond donors (Lipinski definition) is 1. The molecule has 2 unspecified atom stereocenters. The Morgan fingerprint density at radius 3 is 2.33 bits per heavy atom. The van der Waals surface area contributed by atoms with Crippen LogP contribution in [-0.2, 0) is 0 Å². The van der Waals surface area contributed by atoms with Gasteiger partial charge in [0.25, 0.3) is 0 Å². The predicted molar refractivity (Wildman–Crippen MR) is 57.3 cm³/mol. The summed E-state index contributed by atoms with van der Waals surface area (Å²) in [5, 5.41) is 2.70. The van der Waals surface area contributed by atoms with Crippen molar-refractivity contribution in [2.45, 2.75) is 57.8 Å². The second-order valence-electron chi connectivity index (χ2n) is 4.52. The maximum atomic E-state index is 12.4. The average molecular weight is 246 g/mol. The van der Waals surface area contributed by atoms with Gasteiger partial charge in [-0.2, -0.15) is 13.2 Å². The fourth-order valence-corrected chi connectivity index (χ4v) is 2.03. The van der Waals surface area contributed by atoms with Gasteiger partial charge in [0.15, 0.2) is 0 Å². The topological polar surface area (TPSA) is 12.0 Å². The lowest BCUT2D eigenvalue weighted by molar-refractivity contribution is -0.163. The molecule has 1 aliphatic heterocycles. The SMILES string of the molecule is CC(C)CC1CCCC(C(F)(F)F)N1.Cl. The molecule has 1 aliphatic rings. The van der Waals surface area contributed by atoms with Crippen molar-refractivity contribution in [1.29, 1.82) is 0 Å². The van der Waals surface area contributed by atoms with Crippen LogP contribution < -0.4 is 5.32 Å². The number of nitrogens with one attached hydrogen (secondary N) is 1. The van der Waals surface area contributed by atoms with Crippen molar-refractivity contribution in [2.75, 3.05) is 0 Å². The third-order valence-corrected chi connectivity index (χ3v) is 2.63. The minimum atomic E-state index is -4.07. The zero-order valence-corrected chi connectivity index (χ0v) is 9.92. The van der Waals surface area contributed by atoms with Gasteiger partial charge in [-0.3, -0.25) is 0 Å². The van der Waals surface area contributed by atoms with E-state index < -0.39 is 12.2 Å². The standard InChI is InChI=1S/C10H18F3N.ClH/c1-7(2)6-8-4-3-5-9(14-8)10(11,12)13;/h7-9,14H,3-6H2,1-2H3;1H. The van der Waals surface area contributed by atoms with Crippen molar-refractivity contribution in [3.8, 4) is 0 Å². The fourth-order valence-electron chi connectivity index (χ4n) is 2.03. The maximum absolute atomic E-state index is 12.4. The maximum Gasteiger partial charge on any atom is 0.403 e. The third kappa shape index (κ3) is 5.07. The molecule has 1 fully saturated rings. The second kappa shape index (κ2) is 5.94. The van der Waals surface area contributed by atoms with Gasteiger partial charge in [0, 0.05) is 6.04 Å².